The molecule has 3 aromatic rings. The fraction of sp³-hybridized carbons (Fsp3) is 0.370. The number of aliphatic hydroxyl groups excluding tert-OH is 1. The van der Waals surface area contributed by atoms with Crippen LogP contribution in [0.4, 0.5) is 5.69 Å². The average molecular weight is 452 g/mol. The topological polar surface area (TPSA) is 105 Å². The molecule has 1 spiro atoms. The number of aliphatic hydroxyl groups is 1. The van der Waals surface area contributed by atoms with Gasteiger partial charge in [-0.1, -0.05) is 6.07 Å². The van der Waals surface area contributed by atoms with Gasteiger partial charge in [-0.05, 0) is 61.4 Å². The number of fused-ring (bicyclic) bond motifs is 6. The van der Waals surface area contributed by atoms with Gasteiger partial charge in [-0.25, -0.2) is 0 Å². The second-order valence-electron chi connectivity index (χ2n) is 10.2. The van der Waals surface area contributed by atoms with Crippen LogP contribution in [-0.4, -0.2) is 46.7 Å². The molecule has 7 rings (SSSR count). The van der Waals surface area contributed by atoms with Crippen LogP contribution < -0.4 is 10.2 Å². The molecule has 0 radical (unpaired) electrons. The summed E-state index contributed by atoms with van der Waals surface area (Å²) < 4.78 is 0. The minimum atomic E-state index is -0.341. The third-order valence-electron chi connectivity index (χ3n) is 8.12. The number of rotatable bonds is 2. The lowest BCUT2D eigenvalue weighted by atomic mass is 9.86. The number of hydrogen-bond donors (Lipinski definition) is 3. The van der Waals surface area contributed by atoms with Gasteiger partial charge in [-0.3, -0.25) is 9.78 Å². The number of carbonyl (C=O) groups is 1. The van der Waals surface area contributed by atoms with Crippen LogP contribution in [0.2, 0.25) is 0 Å². The average Bonchev–Trinajstić information content (AvgIpc) is 3.31. The maximum atomic E-state index is 12.8. The number of benzene rings is 1. The van der Waals surface area contributed by atoms with Crippen LogP contribution in [-0.2, 0) is 18.3 Å². The molecule has 7 heteroatoms. The molecule has 2 aliphatic carbocycles. The van der Waals surface area contributed by atoms with E-state index in [1.807, 2.05) is 24.4 Å². The largest absolute Gasteiger partial charge is 0.391 e. The number of aromatic amines is 1. The summed E-state index contributed by atoms with van der Waals surface area (Å²) >= 11 is 0. The van der Waals surface area contributed by atoms with E-state index in [1.165, 1.54) is 5.56 Å². The summed E-state index contributed by atoms with van der Waals surface area (Å²) in [6, 6.07) is 10.3. The second-order valence-corrected chi connectivity index (χ2v) is 10.2. The Kier molecular flexibility index (Phi) is 4.04. The van der Waals surface area contributed by atoms with E-state index in [-0.39, 0.29) is 17.4 Å². The van der Waals surface area contributed by atoms with E-state index >= 15 is 0 Å². The number of nitrogens with one attached hydrogen (secondary N) is 2. The molecule has 1 aromatic carbocycles. The lowest BCUT2D eigenvalue weighted by Crippen LogP contribution is -2.39. The van der Waals surface area contributed by atoms with Crippen LogP contribution >= 0.6 is 0 Å². The Hall–Kier alpha value is -3.63. The van der Waals surface area contributed by atoms with Crippen LogP contribution in [0.25, 0.3) is 22.5 Å². The highest BCUT2D eigenvalue weighted by Crippen LogP contribution is 2.52. The molecule has 3 N–H and O–H groups in total. The van der Waals surface area contributed by atoms with Crippen molar-refractivity contribution in [2.24, 2.45) is 0 Å². The Morgan fingerprint density at radius 1 is 1.24 bits per heavy atom. The van der Waals surface area contributed by atoms with E-state index in [2.05, 4.69) is 27.3 Å². The molecule has 170 valence electrons. The summed E-state index contributed by atoms with van der Waals surface area (Å²) in [5.41, 5.74) is 9.72. The van der Waals surface area contributed by atoms with Gasteiger partial charge in [-0.15, -0.1) is 0 Å². The number of nitriles is 1. The molecule has 4 aliphatic rings. The van der Waals surface area contributed by atoms with E-state index in [0.29, 0.717) is 12.1 Å². The van der Waals surface area contributed by atoms with Crippen molar-refractivity contribution < 1.29 is 9.90 Å². The van der Waals surface area contributed by atoms with E-state index in [0.717, 1.165) is 90.2 Å². The van der Waals surface area contributed by atoms with Crippen molar-refractivity contribution in [3.63, 3.8) is 0 Å². The van der Waals surface area contributed by atoms with Gasteiger partial charge in [0, 0.05) is 48.1 Å². The predicted octanol–water partition coefficient (Wildman–Crippen LogP) is 3.06. The maximum absolute atomic E-state index is 12.8. The molecule has 1 unspecified atom stereocenters. The van der Waals surface area contributed by atoms with Crippen molar-refractivity contribution in [1.29, 1.82) is 5.26 Å². The van der Waals surface area contributed by atoms with Crippen molar-refractivity contribution in [3.8, 4) is 28.6 Å². The zero-order valence-electron chi connectivity index (χ0n) is 18.8. The van der Waals surface area contributed by atoms with E-state index in [4.69, 9.17) is 4.98 Å². The Balaban J connectivity index is 1.31. The van der Waals surface area contributed by atoms with Crippen LogP contribution in [0.15, 0.2) is 30.5 Å². The number of amides is 1. The molecule has 2 fully saturated rings. The van der Waals surface area contributed by atoms with Crippen LogP contribution in [0.3, 0.4) is 0 Å². The van der Waals surface area contributed by atoms with Crippen molar-refractivity contribution in [3.05, 3.63) is 58.4 Å². The van der Waals surface area contributed by atoms with Gasteiger partial charge in [0.15, 0.2) is 0 Å². The zero-order chi connectivity index (χ0) is 23.0. The minimum absolute atomic E-state index is 0.0454. The summed E-state index contributed by atoms with van der Waals surface area (Å²) in [6.45, 7) is 2.03. The molecular formula is C27H25N5O2. The fourth-order valence-corrected chi connectivity index (χ4v) is 6.03. The molecule has 1 atom stereocenters. The molecule has 1 saturated heterocycles. The Labute approximate surface area is 197 Å². The van der Waals surface area contributed by atoms with Crippen LogP contribution in [0, 0.1) is 11.3 Å². The van der Waals surface area contributed by atoms with Crippen LogP contribution in [0.5, 0.6) is 0 Å². The molecule has 4 heterocycles. The maximum Gasteiger partial charge on any atom is 0.253 e. The SMILES string of the molecule is N#Cc1cc(-c2cc3c(cn2)CCc2c-3[nH]c3c2C(=O)NCC32CC2)ccc1N1CCC(O)C1. The van der Waals surface area contributed by atoms with Gasteiger partial charge < -0.3 is 20.3 Å². The van der Waals surface area contributed by atoms with E-state index in [9.17, 15) is 15.2 Å². The molecule has 2 aliphatic heterocycles. The van der Waals surface area contributed by atoms with E-state index < -0.39 is 0 Å². The number of aromatic nitrogens is 2. The highest BCUT2D eigenvalue weighted by molar-refractivity contribution is 6.01. The Morgan fingerprint density at radius 3 is 2.88 bits per heavy atom. The number of hydrogen-bond acceptors (Lipinski definition) is 5. The molecular weight excluding hydrogens is 426 g/mol. The first-order valence-corrected chi connectivity index (χ1v) is 12.1. The molecule has 7 nitrogen and oxygen atoms in total. The standard InChI is InChI=1S/C27H25N5O2/c28-11-17-9-15(2-4-22(17)32-8-5-18(33)13-32)21-10-20-16(12-29-21)1-3-19-23-25(31-24(19)20)27(6-7-27)14-30-26(23)34/h2,4,9-10,12,18,31,33H,1,3,5-8,13-14H2,(H,30,34). The predicted molar refractivity (Wildman–Crippen MR) is 128 cm³/mol. The molecule has 1 saturated carbocycles. The lowest BCUT2D eigenvalue weighted by Gasteiger charge is -2.23. The summed E-state index contributed by atoms with van der Waals surface area (Å²) in [6.07, 6.45) is 6.26. The fourth-order valence-electron chi connectivity index (χ4n) is 6.03. The number of pyridine rings is 1. The zero-order valence-corrected chi connectivity index (χ0v) is 18.8. The smallest absolute Gasteiger partial charge is 0.253 e. The summed E-state index contributed by atoms with van der Waals surface area (Å²) in [7, 11) is 0. The summed E-state index contributed by atoms with van der Waals surface area (Å²) in [4.78, 5) is 23.2. The highest BCUT2D eigenvalue weighted by Gasteiger charge is 2.51. The number of anilines is 1. The molecule has 34 heavy (non-hydrogen) atoms. The first kappa shape index (κ1) is 19.8. The molecule has 1 amide bonds. The van der Waals surface area contributed by atoms with Crippen molar-refractivity contribution >= 4 is 11.6 Å². The summed E-state index contributed by atoms with van der Waals surface area (Å²) in [5.74, 6) is 0.0454. The highest BCUT2D eigenvalue weighted by atomic mass is 16.3. The monoisotopic (exact) mass is 451 g/mol. The van der Waals surface area contributed by atoms with Gasteiger partial charge in [0.1, 0.15) is 6.07 Å². The van der Waals surface area contributed by atoms with Crippen LogP contribution in [0.1, 0.15) is 52.0 Å². The van der Waals surface area contributed by atoms with Gasteiger partial charge in [-0.2, -0.15) is 5.26 Å². The molecule has 2 aromatic heterocycles. The third-order valence-corrected chi connectivity index (χ3v) is 8.12. The van der Waals surface area contributed by atoms with Gasteiger partial charge in [0.25, 0.3) is 5.91 Å². The number of nitrogens with zero attached hydrogens (tertiary/aromatic N) is 3. The Morgan fingerprint density at radius 2 is 2.12 bits per heavy atom. The first-order valence-electron chi connectivity index (χ1n) is 12.1. The third kappa shape index (κ3) is 2.78. The van der Waals surface area contributed by atoms with Gasteiger partial charge >= 0.3 is 0 Å². The van der Waals surface area contributed by atoms with E-state index in [1.54, 1.807) is 0 Å². The second kappa shape index (κ2) is 6.94. The number of β-amino-alcohol motifs (C(OH)–C–C–N with tert-alkyl or cyclic N) is 1. The van der Waals surface area contributed by atoms with Crippen molar-refractivity contribution in [2.75, 3.05) is 24.5 Å². The quantitative estimate of drug-likeness (QED) is 0.555. The van der Waals surface area contributed by atoms with Gasteiger partial charge in [0.2, 0.25) is 0 Å². The Bertz CT molecular complexity index is 1410. The molecule has 0 bridgehead atoms. The normalized spacial score (nSPS) is 21.5. The van der Waals surface area contributed by atoms with Crippen molar-refractivity contribution in [1.82, 2.24) is 15.3 Å². The lowest BCUT2D eigenvalue weighted by molar-refractivity contribution is 0.0936. The first-order chi connectivity index (χ1) is 16.6. The number of H-pyrrole nitrogens is 1. The van der Waals surface area contributed by atoms with Gasteiger partial charge in [0.05, 0.1) is 34.3 Å². The number of carbonyl (C=O) groups excluding carboxylic acids is 1. The minimum Gasteiger partial charge on any atom is -0.391 e. The number of aryl methyl sites for hydroxylation is 1. The summed E-state index contributed by atoms with van der Waals surface area (Å²) in [5, 5.41) is 22.8. The van der Waals surface area contributed by atoms with Crippen molar-refractivity contribution in [2.45, 2.75) is 43.6 Å².